The molecule has 2 aliphatic heterocycles. The van der Waals surface area contributed by atoms with Crippen molar-refractivity contribution in [2.45, 2.75) is 45.4 Å². The number of unbranched alkanes of at least 4 members (excludes halogenated alkanes) is 1. The minimum absolute atomic E-state index is 0.0397. The fourth-order valence-corrected chi connectivity index (χ4v) is 5.32. The number of amides is 2. The van der Waals surface area contributed by atoms with Gasteiger partial charge in [-0.2, -0.15) is 0 Å². The molecule has 0 atom stereocenters. The van der Waals surface area contributed by atoms with Crippen molar-refractivity contribution in [1.82, 2.24) is 15.1 Å². The lowest BCUT2D eigenvalue weighted by Crippen LogP contribution is -2.46. The Labute approximate surface area is 216 Å². The predicted octanol–water partition coefficient (Wildman–Crippen LogP) is 3.88. The van der Waals surface area contributed by atoms with Crippen LogP contribution in [0.1, 0.15) is 43.2 Å². The minimum Gasteiger partial charge on any atom is -0.369 e. The van der Waals surface area contributed by atoms with Gasteiger partial charge in [-0.1, -0.05) is 42.5 Å². The second-order valence-corrected chi connectivity index (χ2v) is 10.3. The first-order chi connectivity index (χ1) is 17.6. The lowest BCUT2D eigenvalue weighted by atomic mass is 9.95. The van der Waals surface area contributed by atoms with E-state index in [-0.39, 0.29) is 17.7 Å². The molecule has 0 unspecified atom stereocenters. The SMILES string of the molecule is Cc1cccc(N2CCN(CCCCNC(=O)C3CCN(C(=O)CCc4ccccc4)CC3)CC2)c1. The maximum absolute atomic E-state index is 12.6. The third-order valence-electron chi connectivity index (χ3n) is 7.63. The van der Waals surface area contributed by atoms with Crippen LogP contribution >= 0.6 is 0 Å². The lowest BCUT2D eigenvalue weighted by molar-refractivity contribution is -0.135. The van der Waals surface area contributed by atoms with E-state index in [0.29, 0.717) is 19.5 Å². The van der Waals surface area contributed by atoms with Crippen molar-refractivity contribution in [2.24, 2.45) is 5.92 Å². The van der Waals surface area contributed by atoms with Crippen LogP contribution in [-0.2, 0) is 16.0 Å². The number of piperazine rings is 1. The van der Waals surface area contributed by atoms with Gasteiger partial charge in [0.25, 0.3) is 0 Å². The Morgan fingerprint density at radius 3 is 2.36 bits per heavy atom. The summed E-state index contributed by atoms with van der Waals surface area (Å²) >= 11 is 0. The minimum atomic E-state index is 0.0397. The molecule has 0 saturated carbocycles. The van der Waals surface area contributed by atoms with Crippen molar-refractivity contribution in [1.29, 1.82) is 0 Å². The highest BCUT2D eigenvalue weighted by Crippen LogP contribution is 2.19. The monoisotopic (exact) mass is 490 g/mol. The summed E-state index contributed by atoms with van der Waals surface area (Å²) in [5, 5.41) is 3.15. The fraction of sp³-hybridized carbons (Fsp3) is 0.533. The summed E-state index contributed by atoms with van der Waals surface area (Å²) in [6.07, 6.45) is 4.99. The highest BCUT2D eigenvalue weighted by atomic mass is 16.2. The zero-order valence-electron chi connectivity index (χ0n) is 21.8. The molecule has 0 aliphatic carbocycles. The maximum atomic E-state index is 12.6. The van der Waals surface area contributed by atoms with Crippen molar-refractivity contribution in [2.75, 3.05) is 57.3 Å². The molecular weight excluding hydrogens is 448 g/mol. The van der Waals surface area contributed by atoms with Crippen molar-refractivity contribution in [3.05, 3.63) is 65.7 Å². The number of likely N-dealkylation sites (tertiary alicyclic amines) is 1. The van der Waals surface area contributed by atoms with Crippen molar-refractivity contribution >= 4 is 17.5 Å². The number of hydrogen-bond donors (Lipinski definition) is 1. The number of carbonyl (C=O) groups is 2. The van der Waals surface area contributed by atoms with Crippen molar-refractivity contribution < 1.29 is 9.59 Å². The van der Waals surface area contributed by atoms with Crippen LogP contribution in [0.15, 0.2) is 54.6 Å². The average molecular weight is 491 g/mol. The van der Waals surface area contributed by atoms with E-state index in [1.165, 1.54) is 16.8 Å². The summed E-state index contributed by atoms with van der Waals surface area (Å²) < 4.78 is 0. The van der Waals surface area contributed by atoms with E-state index in [0.717, 1.165) is 71.4 Å². The summed E-state index contributed by atoms with van der Waals surface area (Å²) in [6.45, 7) is 9.74. The van der Waals surface area contributed by atoms with E-state index in [1.807, 2.05) is 23.1 Å². The summed E-state index contributed by atoms with van der Waals surface area (Å²) in [5.74, 6) is 0.411. The molecule has 2 saturated heterocycles. The summed E-state index contributed by atoms with van der Waals surface area (Å²) in [4.78, 5) is 32.1. The molecule has 2 heterocycles. The molecule has 2 amide bonds. The van der Waals surface area contributed by atoms with Crippen molar-refractivity contribution in [3.63, 3.8) is 0 Å². The number of nitrogens with zero attached hydrogens (tertiary/aromatic N) is 3. The standard InChI is InChI=1S/C30H42N4O2/c1-25-8-7-11-28(24-25)33-22-20-32(21-23-33)17-6-5-16-31-30(36)27-14-18-34(19-15-27)29(35)13-12-26-9-3-2-4-10-26/h2-4,7-11,24,27H,5-6,12-23H2,1H3,(H,31,36). The molecule has 36 heavy (non-hydrogen) atoms. The Morgan fingerprint density at radius 1 is 0.889 bits per heavy atom. The third-order valence-corrected chi connectivity index (χ3v) is 7.63. The summed E-state index contributed by atoms with van der Waals surface area (Å²) in [5.41, 5.74) is 3.85. The molecule has 2 aromatic rings. The topological polar surface area (TPSA) is 55.9 Å². The van der Waals surface area contributed by atoms with E-state index >= 15 is 0 Å². The molecule has 6 nitrogen and oxygen atoms in total. The predicted molar refractivity (Wildman–Crippen MR) is 146 cm³/mol. The average Bonchev–Trinajstić information content (AvgIpc) is 2.92. The van der Waals surface area contributed by atoms with Gasteiger partial charge in [0, 0.05) is 63.8 Å². The second-order valence-electron chi connectivity index (χ2n) is 10.3. The van der Waals surface area contributed by atoms with Gasteiger partial charge in [-0.3, -0.25) is 14.5 Å². The molecule has 1 N–H and O–H groups in total. The number of anilines is 1. The number of piperidine rings is 1. The van der Waals surface area contributed by atoms with Gasteiger partial charge in [-0.15, -0.1) is 0 Å². The van der Waals surface area contributed by atoms with E-state index in [2.05, 4.69) is 58.4 Å². The smallest absolute Gasteiger partial charge is 0.223 e. The number of hydrogen-bond acceptors (Lipinski definition) is 4. The molecular formula is C30H42N4O2. The molecule has 0 spiro atoms. The van der Waals surface area contributed by atoms with Gasteiger partial charge in [0.05, 0.1) is 0 Å². The Kier molecular flexibility index (Phi) is 9.79. The van der Waals surface area contributed by atoms with Crippen LogP contribution < -0.4 is 10.2 Å². The van der Waals surface area contributed by atoms with Gasteiger partial charge in [0.2, 0.25) is 11.8 Å². The quantitative estimate of drug-likeness (QED) is 0.514. The Bertz CT molecular complexity index is 964. The van der Waals surface area contributed by atoms with Gasteiger partial charge in [-0.25, -0.2) is 0 Å². The molecule has 2 aromatic carbocycles. The van der Waals surface area contributed by atoms with E-state index in [1.54, 1.807) is 0 Å². The number of rotatable bonds is 10. The van der Waals surface area contributed by atoms with E-state index < -0.39 is 0 Å². The first-order valence-electron chi connectivity index (χ1n) is 13.7. The van der Waals surface area contributed by atoms with Crippen LogP contribution in [0.3, 0.4) is 0 Å². The Morgan fingerprint density at radius 2 is 1.64 bits per heavy atom. The van der Waals surface area contributed by atoms with Gasteiger partial charge >= 0.3 is 0 Å². The molecule has 0 aromatic heterocycles. The highest BCUT2D eigenvalue weighted by molar-refractivity contribution is 5.80. The normalized spacial score (nSPS) is 17.2. The maximum Gasteiger partial charge on any atom is 0.223 e. The summed E-state index contributed by atoms with van der Waals surface area (Å²) in [6, 6.07) is 18.9. The molecule has 2 fully saturated rings. The van der Waals surface area contributed by atoms with E-state index in [9.17, 15) is 9.59 Å². The van der Waals surface area contributed by atoms with Crippen LogP contribution in [0.5, 0.6) is 0 Å². The zero-order valence-corrected chi connectivity index (χ0v) is 21.8. The van der Waals surface area contributed by atoms with Crippen LogP contribution in [0.2, 0.25) is 0 Å². The first-order valence-corrected chi connectivity index (χ1v) is 13.7. The van der Waals surface area contributed by atoms with Gasteiger partial charge in [-0.05, 0) is 68.8 Å². The lowest BCUT2D eigenvalue weighted by Gasteiger charge is -2.36. The van der Waals surface area contributed by atoms with Crippen LogP contribution in [0, 0.1) is 12.8 Å². The Balaban J connectivity index is 1.04. The zero-order chi connectivity index (χ0) is 25.2. The van der Waals surface area contributed by atoms with Crippen LogP contribution in [-0.4, -0.2) is 74.0 Å². The first kappa shape index (κ1) is 26.2. The van der Waals surface area contributed by atoms with E-state index in [4.69, 9.17) is 0 Å². The fourth-order valence-electron chi connectivity index (χ4n) is 5.32. The largest absolute Gasteiger partial charge is 0.369 e. The molecule has 6 heteroatoms. The third kappa shape index (κ3) is 7.82. The molecule has 2 aliphatic rings. The molecule has 0 radical (unpaired) electrons. The number of nitrogens with one attached hydrogen (secondary N) is 1. The summed E-state index contributed by atoms with van der Waals surface area (Å²) in [7, 11) is 0. The number of benzene rings is 2. The number of aryl methyl sites for hydroxylation is 2. The van der Waals surface area contributed by atoms with Crippen molar-refractivity contribution in [3.8, 4) is 0 Å². The van der Waals surface area contributed by atoms with Gasteiger partial charge < -0.3 is 15.1 Å². The number of carbonyl (C=O) groups excluding carboxylic acids is 2. The highest BCUT2D eigenvalue weighted by Gasteiger charge is 2.27. The van der Waals surface area contributed by atoms with Crippen LogP contribution in [0.4, 0.5) is 5.69 Å². The van der Waals surface area contributed by atoms with Gasteiger partial charge in [0.15, 0.2) is 0 Å². The second kappa shape index (κ2) is 13.4. The molecule has 194 valence electrons. The molecule has 0 bridgehead atoms. The Hall–Kier alpha value is -2.86. The van der Waals surface area contributed by atoms with Gasteiger partial charge in [0.1, 0.15) is 0 Å². The molecule has 4 rings (SSSR count). The van der Waals surface area contributed by atoms with Crippen LogP contribution in [0.25, 0.3) is 0 Å².